The average molecular weight is 444 g/mol. The Morgan fingerprint density at radius 1 is 0.697 bits per heavy atom. The van der Waals surface area contributed by atoms with Crippen molar-refractivity contribution in [3.05, 3.63) is 127 Å². The standard InChI is InChI=1S/C31H26NP/c1-3-23(2)28-22-32-29-20-12-10-18-26(29)31(28)27-19-11-13-21-30(27)33(24-14-6-4-7-15-24)25-16-8-5-9-17-25/h3-22H,1-2H3. The molecule has 0 aliphatic heterocycles. The predicted octanol–water partition coefficient (Wildman–Crippen LogP) is 7.08. The Hall–Kier alpha value is -3.54. The molecule has 0 N–H and O–H groups in total. The third-order valence-corrected chi connectivity index (χ3v) is 8.58. The van der Waals surface area contributed by atoms with E-state index in [2.05, 4.69) is 129 Å². The van der Waals surface area contributed by atoms with Crippen LogP contribution in [0.25, 0.3) is 27.6 Å². The molecule has 1 aromatic heterocycles. The van der Waals surface area contributed by atoms with Crippen LogP contribution in [0.4, 0.5) is 0 Å². The molecule has 160 valence electrons. The van der Waals surface area contributed by atoms with Crippen LogP contribution in [-0.2, 0) is 0 Å². The van der Waals surface area contributed by atoms with Gasteiger partial charge in [-0.15, -0.1) is 0 Å². The first-order chi connectivity index (χ1) is 16.3. The summed E-state index contributed by atoms with van der Waals surface area (Å²) in [5.74, 6) is 0. The normalized spacial score (nSPS) is 11.8. The molecule has 0 radical (unpaired) electrons. The number of benzene rings is 4. The van der Waals surface area contributed by atoms with Crippen LogP contribution >= 0.6 is 7.92 Å². The summed E-state index contributed by atoms with van der Waals surface area (Å²) in [5.41, 5.74) is 6.01. The van der Waals surface area contributed by atoms with E-state index in [-0.39, 0.29) is 0 Å². The van der Waals surface area contributed by atoms with Crippen LogP contribution in [0.1, 0.15) is 19.4 Å². The Bertz CT molecular complexity index is 1380. The molecule has 0 aliphatic carbocycles. The summed E-state index contributed by atoms with van der Waals surface area (Å²) < 4.78 is 0. The van der Waals surface area contributed by atoms with Gasteiger partial charge in [0.05, 0.1) is 5.52 Å². The highest BCUT2D eigenvalue weighted by Gasteiger charge is 2.22. The molecular weight excluding hydrogens is 417 g/mol. The Morgan fingerprint density at radius 3 is 1.94 bits per heavy atom. The lowest BCUT2D eigenvalue weighted by Crippen LogP contribution is -2.22. The number of hydrogen-bond donors (Lipinski definition) is 0. The summed E-state index contributed by atoms with van der Waals surface area (Å²) in [6.45, 7) is 4.27. The smallest absolute Gasteiger partial charge is 0.0708 e. The number of aromatic nitrogens is 1. The average Bonchev–Trinajstić information content (AvgIpc) is 2.89. The summed E-state index contributed by atoms with van der Waals surface area (Å²) in [4.78, 5) is 4.79. The SMILES string of the molecule is CC=C(C)c1cnc2ccccc2c1-c1ccccc1P(c1ccccc1)c1ccccc1. The molecule has 0 atom stereocenters. The van der Waals surface area contributed by atoms with Gasteiger partial charge >= 0.3 is 0 Å². The summed E-state index contributed by atoms with van der Waals surface area (Å²) in [5, 5.41) is 5.27. The molecule has 5 rings (SSSR count). The topological polar surface area (TPSA) is 12.9 Å². The van der Waals surface area contributed by atoms with Gasteiger partial charge in [0.15, 0.2) is 0 Å². The van der Waals surface area contributed by atoms with Crippen molar-refractivity contribution in [3.63, 3.8) is 0 Å². The van der Waals surface area contributed by atoms with E-state index in [1.807, 2.05) is 6.20 Å². The maximum Gasteiger partial charge on any atom is 0.0708 e. The van der Waals surface area contributed by atoms with E-state index in [9.17, 15) is 0 Å². The minimum absolute atomic E-state index is 0.722. The molecule has 5 aromatic rings. The van der Waals surface area contributed by atoms with Crippen molar-refractivity contribution in [2.75, 3.05) is 0 Å². The molecule has 0 saturated heterocycles. The fourth-order valence-electron chi connectivity index (χ4n) is 4.35. The molecule has 0 fully saturated rings. The van der Waals surface area contributed by atoms with Gasteiger partial charge in [-0.25, -0.2) is 0 Å². The maximum absolute atomic E-state index is 4.79. The number of allylic oxidation sites excluding steroid dienone is 2. The van der Waals surface area contributed by atoms with Gasteiger partial charge in [0.2, 0.25) is 0 Å². The zero-order chi connectivity index (χ0) is 22.6. The van der Waals surface area contributed by atoms with E-state index in [4.69, 9.17) is 4.98 Å². The van der Waals surface area contributed by atoms with Gasteiger partial charge in [-0.05, 0) is 54.9 Å². The van der Waals surface area contributed by atoms with Gasteiger partial charge in [0.1, 0.15) is 0 Å². The van der Waals surface area contributed by atoms with Crippen LogP contribution in [0.2, 0.25) is 0 Å². The van der Waals surface area contributed by atoms with Crippen LogP contribution in [0.3, 0.4) is 0 Å². The second-order valence-electron chi connectivity index (χ2n) is 8.06. The van der Waals surface area contributed by atoms with Crippen LogP contribution in [0, 0.1) is 0 Å². The van der Waals surface area contributed by atoms with Crippen molar-refractivity contribution >= 4 is 40.3 Å². The van der Waals surface area contributed by atoms with Crippen molar-refractivity contribution in [2.24, 2.45) is 0 Å². The number of para-hydroxylation sites is 1. The first kappa shape index (κ1) is 21.3. The quantitative estimate of drug-likeness (QED) is 0.264. The van der Waals surface area contributed by atoms with Crippen molar-refractivity contribution in [1.29, 1.82) is 0 Å². The molecule has 0 spiro atoms. The molecule has 1 nitrogen and oxygen atoms in total. The Balaban J connectivity index is 1.85. The number of hydrogen-bond acceptors (Lipinski definition) is 1. The fourth-order valence-corrected chi connectivity index (χ4v) is 6.80. The van der Waals surface area contributed by atoms with E-state index >= 15 is 0 Å². The first-order valence-corrected chi connectivity index (χ1v) is 12.6. The first-order valence-electron chi connectivity index (χ1n) is 11.3. The molecular formula is C31H26NP. The summed E-state index contributed by atoms with van der Waals surface area (Å²) >= 11 is 0. The molecule has 0 amide bonds. The van der Waals surface area contributed by atoms with Crippen LogP contribution < -0.4 is 15.9 Å². The number of pyridine rings is 1. The molecule has 4 aromatic carbocycles. The van der Waals surface area contributed by atoms with E-state index in [0.717, 1.165) is 5.52 Å². The minimum atomic E-state index is -0.722. The molecule has 0 bridgehead atoms. The zero-order valence-corrected chi connectivity index (χ0v) is 19.8. The molecule has 0 aliphatic rings. The van der Waals surface area contributed by atoms with E-state index in [1.165, 1.54) is 43.6 Å². The lowest BCUT2D eigenvalue weighted by Gasteiger charge is -2.24. The van der Waals surface area contributed by atoms with Crippen molar-refractivity contribution < 1.29 is 0 Å². The van der Waals surface area contributed by atoms with Crippen molar-refractivity contribution in [3.8, 4) is 11.1 Å². The van der Waals surface area contributed by atoms with Gasteiger partial charge in [-0.1, -0.05) is 109 Å². The Morgan fingerprint density at radius 2 is 1.27 bits per heavy atom. The summed E-state index contributed by atoms with van der Waals surface area (Å²) in [6, 6.07) is 39.2. The highest BCUT2D eigenvalue weighted by molar-refractivity contribution is 7.80. The van der Waals surface area contributed by atoms with E-state index in [0.29, 0.717) is 0 Å². The lowest BCUT2D eigenvalue weighted by molar-refractivity contribution is 1.37. The van der Waals surface area contributed by atoms with Crippen LogP contribution in [-0.4, -0.2) is 4.98 Å². The monoisotopic (exact) mass is 443 g/mol. The largest absolute Gasteiger partial charge is 0.256 e. The summed E-state index contributed by atoms with van der Waals surface area (Å²) in [7, 11) is -0.722. The highest BCUT2D eigenvalue weighted by atomic mass is 31.1. The van der Waals surface area contributed by atoms with Gasteiger partial charge in [0, 0.05) is 22.7 Å². The van der Waals surface area contributed by atoms with Gasteiger partial charge in [0.25, 0.3) is 0 Å². The second-order valence-corrected chi connectivity index (χ2v) is 10.2. The maximum atomic E-state index is 4.79. The Kier molecular flexibility index (Phi) is 6.15. The molecule has 0 unspecified atom stereocenters. The minimum Gasteiger partial charge on any atom is -0.256 e. The lowest BCUT2D eigenvalue weighted by atomic mass is 9.93. The molecule has 2 heteroatoms. The Labute approximate surface area is 197 Å². The number of fused-ring (bicyclic) bond motifs is 1. The van der Waals surface area contributed by atoms with Gasteiger partial charge < -0.3 is 0 Å². The van der Waals surface area contributed by atoms with Crippen molar-refractivity contribution in [1.82, 2.24) is 4.98 Å². The third kappa shape index (κ3) is 4.13. The predicted molar refractivity (Wildman–Crippen MR) is 145 cm³/mol. The number of nitrogens with zero attached hydrogens (tertiary/aromatic N) is 1. The van der Waals surface area contributed by atoms with Crippen LogP contribution in [0.5, 0.6) is 0 Å². The zero-order valence-electron chi connectivity index (χ0n) is 18.9. The molecule has 0 saturated carbocycles. The summed E-state index contributed by atoms with van der Waals surface area (Å²) in [6.07, 6.45) is 4.21. The highest BCUT2D eigenvalue weighted by Crippen LogP contribution is 2.41. The molecule has 1 heterocycles. The van der Waals surface area contributed by atoms with E-state index < -0.39 is 7.92 Å². The van der Waals surface area contributed by atoms with Gasteiger partial charge in [-0.2, -0.15) is 0 Å². The van der Waals surface area contributed by atoms with E-state index in [1.54, 1.807) is 0 Å². The number of rotatable bonds is 5. The second kappa shape index (κ2) is 9.53. The molecule has 33 heavy (non-hydrogen) atoms. The van der Waals surface area contributed by atoms with Gasteiger partial charge in [-0.3, -0.25) is 4.98 Å². The van der Waals surface area contributed by atoms with Crippen LogP contribution in [0.15, 0.2) is 121 Å². The third-order valence-electron chi connectivity index (χ3n) is 6.08. The van der Waals surface area contributed by atoms with Crippen molar-refractivity contribution in [2.45, 2.75) is 13.8 Å². The fraction of sp³-hybridized carbons (Fsp3) is 0.0645.